The minimum atomic E-state index is -0.703. The summed E-state index contributed by atoms with van der Waals surface area (Å²) >= 11 is 0. The van der Waals surface area contributed by atoms with Gasteiger partial charge in [-0.3, -0.25) is 14.9 Å². The first kappa shape index (κ1) is 19.7. The van der Waals surface area contributed by atoms with Crippen LogP contribution in [0.3, 0.4) is 0 Å². The van der Waals surface area contributed by atoms with Crippen LogP contribution in [0.5, 0.6) is 17.2 Å². The summed E-state index contributed by atoms with van der Waals surface area (Å²) in [5.41, 5.74) is 3.73. The number of carbonyl (C=O) groups is 1. The van der Waals surface area contributed by atoms with Gasteiger partial charge in [-0.05, 0) is 43.2 Å². The van der Waals surface area contributed by atoms with E-state index in [4.69, 9.17) is 9.47 Å². The van der Waals surface area contributed by atoms with Crippen molar-refractivity contribution in [2.75, 3.05) is 13.7 Å². The van der Waals surface area contributed by atoms with E-state index < -0.39 is 16.5 Å². The molecule has 0 radical (unpaired) electrons. The Kier molecular flexibility index (Phi) is 6.32. The molecule has 0 aromatic heterocycles. The molecule has 0 bridgehead atoms. The molecule has 2 rings (SSSR count). The number of amides is 1. The molecule has 0 aliphatic rings. The number of nitro groups is 1. The van der Waals surface area contributed by atoms with Crippen molar-refractivity contribution in [2.45, 2.75) is 13.8 Å². The van der Waals surface area contributed by atoms with Crippen LogP contribution in [-0.4, -0.2) is 35.9 Å². The van der Waals surface area contributed by atoms with Crippen molar-refractivity contribution < 1.29 is 24.3 Å². The molecule has 0 spiro atoms. The number of hydrazone groups is 1. The first-order valence-electron chi connectivity index (χ1n) is 7.89. The molecule has 0 aliphatic heterocycles. The van der Waals surface area contributed by atoms with Crippen LogP contribution in [0.1, 0.15) is 16.7 Å². The lowest BCUT2D eigenvalue weighted by Gasteiger charge is -2.09. The molecule has 2 aromatic carbocycles. The Labute approximate surface area is 155 Å². The smallest absolute Gasteiger partial charge is 0.323 e. The minimum Gasteiger partial charge on any atom is -0.504 e. The largest absolute Gasteiger partial charge is 0.504 e. The van der Waals surface area contributed by atoms with Gasteiger partial charge in [0.1, 0.15) is 5.75 Å². The zero-order valence-electron chi connectivity index (χ0n) is 15.1. The van der Waals surface area contributed by atoms with Gasteiger partial charge in [0.05, 0.1) is 23.8 Å². The number of benzene rings is 2. The fraction of sp³-hybridized carbons (Fsp3) is 0.222. The highest BCUT2D eigenvalue weighted by molar-refractivity contribution is 5.89. The number of carbonyl (C=O) groups excluding carboxylic acids is 1. The summed E-state index contributed by atoms with van der Waals surface area (Å²) in [7, 11) is 1.20. The maximum atomic E-state index is 11.9. The Hall–Kier alpha value is -3.62. The van der Waals surface area contributed by atoms with Gasteiger partial charge in [0, 0.05) is 0 Å². The summed E-state index contributed by atoms with van der Waals surface area (Å²) in [5.74, 6) is -0.588. The molecule has 0 atom stereocenters. The third-order valence-electron chi connectivity index (χ3n) is 3.62. The third kappa shape index (κ3) is 4.94. The Morgan fingerprint density at radius 2 is 2.07 bits per heavy atom. The summed E-state index contributed by atoms with van der Waals surface area (Å²) in [6.45, 7) is 3.51. The molecule has 2 aromatic rings. The van der Waals surface area contributed by atoms with Crippen LogP contribution in [0.4, 0.5) is 5.69 Å². The van der Waals surface area contributed by atoms with Crippen molar-refractivity contribution in [1.29, 1.82) is 0 Å². The topological polar surface area (TPSA) is 123 Å². The number of nitro benzene ring substituents is 1. The van der Waals surface area contributed by atoms with Crippen LogP contribution in [-0.2, 0) is 4.79 Å². The van der Waals surface area contributed by atoms with Crippen molar-refractivity contribution in [3.8, 4) is 17.2 Å². The predicted molar refractivity (Wildman–Crippen MR) is 98.5 cm³/mol. The lowest BCUT2D eigenvalue weighted by Crippen LogP contribution is -2.24. The van der Waals surface area contributed by atoms with Gasteiger partial charge in [-0.2, -0.15) is 5.10 Å². The number of phenols is 1. The van der Waals surface area contributed by atoms with Gasteiger partial charge in [-0.15, -0.1) is 0 Å². The average molecular weight is 373 g/mol. The minimum absolute atomic E-state index is 0.0606. The van der Waals surface area contributed by atoms with Crippen LogP contribution in [0.2, 0.25) is 0 Å². The van der Waals surface area contributed by atoms with Crippen LogP contribution in [0.25, 0.3) is 0 Å². The van der Waals surface area contributed by atoms with Crippen molar-refractivity contribution in [3.63, 3.8) is 0 Å². The third-order valence-corrected chi connectivity index (χ3v) is 3.62. The van der Waals surface area contributed by atoms with Crippen molar-refractivity contribution in [1.82, 2.24) is 5.43 Å². The number of nitrogens with one attached hydrogen (secondary N) is 1. The van der Waals surface area contributed by atoms with Crippen molar-refractivity contribution in [2.24, 2.45) is 5.10 Å². The zero-order chi connectivity index (χ0) is 20.0. The first-order valence-corrected chi connectivity index (χ1v) is 7.89. The highest BCUT2D eigenvalue weighted by Gasteiger charge is 2.23. The Balaban J connectivity index is 2.04. The molecule has 0 fully saturated rings. The van der Waals surface area contributed by atoms with Gasteiger partial charge in [-0.25, -0.2) is 5.43 Å². The number of ether oxygens (including phenoxy) is 2. The van der Waals surface area contributed by atoms with E-state index in [-0.39, 0.29) is 23.7 Å². The highest BCUT2D eigenvalue weighted by atomic mass is 16.6. The van der Waals surface area contributed by atoms with Gasteiger partial charge in [0.15, 0.2) is 12.4 Å². The molecular weight excluding hydrogens is 354 g/mol. The fourth-order valence-corrected chi connectivity index (χ4v) is 2.28. The van der Waals surface area contributed by atoms with Crippen molar-refractivity contribution >= 4 is 17.8 Å². The summed E-state index contributed by atoms with van der Waals surface area (Å²) in [4.78, 5) is 22.4. The second-order valence-corrected chi connectivity index (χ2v) is 5.66. The lowest BCUT2D eigenvalue weighted by molar-refractivity contribution is -0.386. The molecule has 27 heavy (non-hydrogen) atoms. The number of methoxy groups -OCH3 is 1. The Morgan fingerprint density at radius 3 is 2.74 bits per heavy atom. The van der Waals surface area contributed by atoms with E-state index >= 15 is 0 Å². The summed E-state index contributed by atoms with van der Waals surface area (Å²) in [6, 6.07) is 8.16. The number of hydrogen-bond acceptors (Lipinski definition) is 7. The molecule has 9 nitrogen and oxygen atoms in total. The summed E-state index contributed by atoms with van der Waals surface area (Å²) < 4.78 is 10.3. The predicted octanol–water partition coefficient (Wildman–Crippen LogP) is 2.45. The van der Waals surface area contributed by atoms with Crippen LogP contribution >= 0.6 is 0 Å². The Morgan fingerprint density at radius 1 is 1.33 bits per heavy atom. The average Bonchev–Trinajstić information content (AvgIpc) is 2.63. The molecule has 2 N–H and O–H groups in total. The van der Waals surface area contributed by atoms with E-state index in [9.17, 15) is 20.0 Å². The molecule has 0 aliphatic carbocycles. The monoisotopic (exact) mass is 373 g/mol. The second kappa shape index (κ2) is 8.65. The number of rotatable bonds is 7. The first-order chi connectivity index (χ1) is 12.8. The summed E-state index contributed by atoms with van der Waals surface area (Å²) in [5, 5.41) is 24.5. The van der Waals surface area contributed by atoms with Gasteiger partial charge >= 0.3 is 5.69 Å². The normalized spacial score (nSPS) is 10.6. The molecule has 9 heteroatoms. The molecule has 0 saturated carbocycles. The van der Waals surface area contributed by atoms with E-state index in [2.05, 4.69) is 10.5 Å². The van der Waals surface area contributed by atoms with Gasteiger partial charge in [-0.1, -0.05) is 12.1 Å². The van der Waals surface area contributed by atoms with Gasteiger partial charge in [0.2, 0.25) is 5.75 Å². The number of nitrogens with zero attached hydrogens (tertiary/aromatic N) is 2. The Bertz CT molecular complexity index is 895. The SMILES string of the molecule is COc1c(O)ccc(/C=N/NC(=O)COc2cc(C)ccc2C)c1[N+](=O)[O-]. The fourth-order valence-electron chi connectivity index (χ4n) is 2.28. The number of phenolic OH excluding ortho intramolecular Hbond substituents is 1. The molecule has 0 unspecified atom stereocenters. The highest BCUT2D eigenvalue weighted by Crippen LogP contribution is 2.37. The van der Waals surface area contributed by atoms with Crippen LogP contribution < -0.4 is 14.9 Å². The number of aryl methyl sites for hydroxylation is 2. The quantitative estimate of drug-likeness (QED) is 0.436. The van der Waals surface area contributed by atoms with Gasteiger partial charge < -0.3 is 14.6 Å². The molecule has 1 amide bonds. The van der Waals surface area contributed by atoms with Gasteiger partial charge in [0.25, 0.3) is 5.91 Å². The van der Waals surface area contributed by atoms with E-state index in [1.54, 1.807) is 0 Å². The van der Waals surface area contributed by atoms with E-state index in [1.807, 2.05) is 32.0 Å². The summed E-state index contributed by atoms with van der Waals surface area (Å²) in [6.07, 6.45) is 1.09. The van der Waals surface area contributed by atoms with E-state index in [1.165, 1.54) is 19.2 Å². The molecular formula is C18H19N3O6. The van der Waals surface area contributed by atoms with Crippen molar-refractivity contribution in [3.05, 3.63) is 57.1 Å². The molecule has 0 heterocycles. The maximum absolute atomic E-state index is 11.9. The van der Waals surface area contributed by atoms with Crippen LogP contribution in [0, 0.1) is 24.0 Å². The van der Waals surface area contributed by atoms with E-state index in [0.29, 0.717) is 5.75 Å². The maximum Gasteiger partial charge on any atom is 0.323 e. The standard InChI is InChI=1S/C18H19N3O6/c1-11-4-5-12(2)15(8-11)27-10-16(23)20-19-9-13-6-7-14(22)18(26-3)17(13)21(24)25/h4-9,22H,10H2,1-3H3,(H,20,23)/b19-9+. The molecule has 0 saturated heterocycles. The zero-order valence-corrected chi connectivity index (χ0v) is 15.1. The number of aromatic hydroxyl groups is 1. The second-order valence-electron chi connectivity index (χ2n) is 5.66. The lowest BCUT2D eigenvalue weighted by atomic mass is 10.1. The van der Waals surface area contributed by atoms with E-state index in [0.717, 1.165) is 17.3 Å². The molecule has 142 valence electrons. The number of hydrogen-bond donors (Lipinski definition) is 2. The van der Waals surface area contributed by atoms with Crippen LogP contribution in [0.15, 0.2) is 35.4 Å².